The Hall–Kier alpha value is -1.70. The lowest BCUT2D eigenvalue weighted by Crippen LogP contribution is -2.43. The van der Waals surface area contributed by atoms with Gasteiger partial charge in [0.2, 0.25) is 0 Å². The number of nitrogen functional groups attached to an aromatic ring is 1. The zero-order chi connectivity index (χ0) is 13.8. The summed E-state index contributed by atoms with van der Waals surface area (Å²) in [4.78, 5) is 8.08. The molecule has 2 aromatic rings. The van der Waals surface area contributed by atoms with Gasteiger partial charge in [-0.2, -0.15) is 0 Å². The second-order valence-corrected chi connectivity index (χ2v) is 5.08. The van der Waals surface area contributed by atoms with Gasteiger partial charge in [0.15, 0.2) is 6.23 Å². The van der Waals surface area contributed by atoms with Crippen LogP contribution in [0.1, 0.15) is 20.1 Å². The van der Waals surface area contributed by atoms with E-state index in [0.29, 0.717) is 16.9 Å². The number of aliphatic hydroxyl groups excluding tert-OH is 1. The van der Waals surface area contributed by atoms with Crippen molar-refractivity contribution in [1.29, 1.82) is 0 Å². The van der Waals surface area contributed by atoms with Crippen LogP contribution >= 0.6 is 0 Å². The summed E-state index contributed by atoms with van der Waals surface area (Å²) in [5.41, 5.74) is 4.94. The molecule has 1 saturated heterocycles. The quantitative estimate of drug-likeness (QED) is 0.671. The number of hydrogen-bond donors (Lipinski definition) is 3. The Morgan fingerprint density at radius 3 is 2.84 bits per heavy atom. The molecule has 1 aliphatic rings. The second-order valence-electron chi connectivity index (χ2n) is 5.08. The summed E-state index contributed by atoms with van der Waals surface area (Å²) in [6.45, 7) is 3.26. The fourth-order valence-corrected chi connectivity index (χ4v) is 2.56. The van der Waals surface area contributed by atoms with E-state index < -0.39 is 24.0 Å². The average Bonchev–Trinajstić information content (AvgIpc) is 2.86. The number of nitrogens with zero attached hydrogens (tertiary/aromatic N) is 3. The minimum Gasteiger partial charge on any atom is -0.387 e. The molecule has 3 rings (SSSR count). The Morgan fingerprint density at radius 1 is 1.47 bits per heavy atom. The van der Waals surface area contributed by atoms with Gasteiger partial charge in [-0.1, -0.05) is 0 Å². The van der Waals surface area contributed by atoms with Gasteiger partial charge in [-0.3, -0.25) is 0 Å². The molecular weight excluding hydrogens is 248 g/mol. The molecule has 3 heterocycles. The molecule has 0 bridgehead atoms. The van der Waals surface area contributed by atoms with Gasteiger partial charge in [-0.25, -0.2) is 9.97 Å². The molecular formula is C12H16N4O3. The van der Waals surface area contributed by atoms with E-state index in [9.17, 15) is 10.2 Å². The maximum absolute atomic E-state index is 10.4. The van der Waals surface area contributed by atoms with Gasteiger partial charge in [0.25, 0.3) is 0 Å². The third-order valence-corrected chi connectivity index (χ3v) is 3.68. The number of rotatable bonds is 1. The number of aliphatic hydroxyl groups is 2. The van der Waals surface area contributed by atoms with Gasteiger partial charge in [-0.15, -0.1) is 0 Å². The van der Waals surface area contributed by atoms with E-state index in [1.165, 1.54) is 6.33 Å². The fraction of sp³-hybridized carbons (Fsp3) is 0.500. The Labute approximate surface area is 109 Å². The maximum atomic E-state index is 10.4. The van der Waals surface area contributed by atoms with Crippen LogP contribution in [-0.4, -0.2) is 42.6 Å². The highest BCUT2D eigenvalue weighted by atomic mass is 16.6. The monoisotopic (exact) mass is 264 g/mol. The van der Waals surface area contributed by atoms with E-state index >= 15 is 0 Å². The van der Waals surface area contributed by atoms with Crippen LogP contribution in [0.25, 0.3) is 11.0 Å². The van der Waals surface area contributed by atoms with Crippen molar-refractivity contribution in [2.24, 2.45) is 0 Å². The molecule has 1 aliphatic heterocycles. The summed E-state index contributed by atoms with van der Waals surface area (Å²) < 4.78 is 7.31. The van der Waals surface area contributed by atoms with Crippen LogP contribution in [0.4, 0.5) is 5.82 Å². The van der Waals surface area contributed by atoms with Crippen LogP contribution in [0.5, 0.6) is 0 Å². The minimum atomic E-state index is -1.40. The summed E-state index contributed by atoms with van der Waals surface area (Å²) in [5, 5.41) is 21.1. The normalized spacial score (nSPS) is 35.1. The molecule has 0 spiro atoms. The molecule has 7 nitrogen and oxygen atoms in total. The van der Waals surface area contributed by atoms with Crippen LogP contribution in [0.15, 0.2) is 18.6 Å². The van der Waals surface area contributed by atoms with E-state index in [1.54, 1.807) is 30.7 Å². The van der Waals surface area contributed by atoms with Crippen molar-refractivity contribution in [3.05, 3.63) is 18.6 Å². The van der Waals surface area contributed by atoms with Gasteiger partial charge in [0, 0.05) is 6.20 Å². The fourth-order valence-electron chi connectivity index (χ4n) is 2.56. The third kappa shape index (κ3) is 1.62. The van der Waals surface area contributed by atoms with Crippen molar-refractivity contribution in [2.75, 3.05) is 5.73 Å². The number of hydrogen-bond acceptors (Lipinski definition) is 6. The third-order valence-electron chi connectivity index (χ3n) is 3.68. The van der Waals surface area contributed by atoms with Crippen LogP contribution in [0, 0.1) is 0 Å². The van der Waals surface area contributed by atoms with Gasteiger partial charge >= 0.3 is 0 Å². The average molecular weight is 264 g/mol. The van der Waals surface area contributed by atoms with E-state index in [4.69, 9.17) is 10.5 Å². The van der Waals surface area contributed by atoms with Crippen molar-refractivity contribution in [3.8, 4) is 0 Å². The largest absolute Gasteiger partial charge is 0.387 e. The summed E-state index contributed by atoms with van der Waals surface area (Å²) >= 11 is 0. The molecule has 19 heavy (non-hydrogen) atoms. The first-order valence-electron chi connectivity index (χ1n) is 6.06. The first-order chi connectivity index (χ1) is 8.93. The predicted molar refractivity (Wildman–Crippen MR) is 68.2 cm³/mol. The first-order valence-corrected chi connectivity index (χ1v) is 6.06. The lowest BCUT2D eigenvalue weighted by atomic mass is 9.97. The second kappa shape index (κ2) is 3.89. The SMILES string of the molecule is C[C@H]1O[C@@H](n2ccc3c(N)ncnc32)[C@](C)(O)[C@@H]1O. The van der Waals surface area contributed by atoms with E-state index in [1.807, 2.05) is 0 Å². The van der Waals surface area contributed by atoms with Crippen molar-refractivity contribution in [1.82, 2.24) is 14.5 Å². The van der Waals surface area contributed by atoms with Crippen molar-refractivity contribution >= 4 is 16.9 Å². The van der Waals surface area contributed by atoms with E-state index in [2.05, 4.69) is 9.97 Å². The Bertz CT molecular complexity index is 624. The molecule has 7 heteroatoms. The number of nitrogens with two attached hydrogens (primary N) is 1. The number of aromatic nitrogens is 3. The summed E-state index contributed by atoms with van der Waals surface area (Å²) in [5.74, 6) is 0.370. The molecule has 0 saturated carbocycles. The minimum absolute atomic E-state index is 0.370. The Kier molecular flexibility index (Phi) is 2.53. The van der Waals surface area contributed by atoms with Crippen molar-refractivity contribution in [2.45, 2.75) is 37.9 Å². The predicted octanol–water partition coefficient (Wildman–Crippen LogP) is 0.0427. The van der Waals surface area contributed by atoms with Crippen LogP contribution in [-0.2, 0) is 4.74 Å². The van der Waals surface area contributed by atoms with Gasteiger partial charge in [-0.05, 0) is 19.9 Å². The standard InChI is InChI=1S/C12H16N4O3/c1-6-8(17)12(2,18)11(19-6)16-4-3-7-9(13)14-5-15-10(7)16/h3-6,8,11,17-18H,1-2H3,(H2,13,14,15)/t6-,8-,11-,12-/m1/s1. The molecule has 0 unspecified atom stereocenters. The highest BCUT2D eigenvalue weighted by Gasteiger charge is 2.51. The topological polar surface area (TPSA) is 106 Å². The zero-order valence-electron chi connectivity index (χ0n) is 10.7. The molecule has 0 radical (unpaired) electrons. The molecule has 0 aromatic carbocycles. The van der Waals surface area contributed by atoms with E-state index in [0.717, 1.165) is 0 Å². The van der Waals surface area contributed by atoms with E-state index in [-0.39, 0.29) is 0 Å². The summed E-state index contributed by atoms with van der Waals surface area (Å²) in [6.07, 6.45) is 0.937. The lowest BCUT2D eigenvalue weighted by molar-refractivity contribution is -0.0933. The highest BCUT2D eigenvalue weighted by molar-refractivity contribution is 5.86. The molecule has 4 atom stereocenters. The van der Waals surface area contributed by atoms with Crippen LogP contribution < -0.4 is 5.73 Å². The Balaban J connectivity index is 2.13. The smallest absolute Gasteiger partial charge is 0.166 e. The lowest BCUT2D eigenvalue weighted by Gasteiger charge is -2.27. The molecule has 0 amide bonds. The number of anilines is 1. The van der Waals surface area contributed by atoms with Crippen molar-refractivity contribution < 1.29 is 14.9 Å². The van der Waals surface area contributed by atoms with Gasteiger partial charge in [0.05, 0.1) is 11.5 Å². The zero-order valence-corrected chi connectivity index (χ0v) is 10.7. The van der Waals surface area contributed by atoms with Gasteiger partial charge < -0.3 is 25.3 Å². The van der Waals surface area contributed by atoms with Gasteiger partial charge in [0.1, 0.15) is 29.5 Å². The molecule has 1 fully saturated rings. The highest BCUT2D eigenvalue weighted by Crippen LogP contribution is 2.39. The maximum Gasteiger partial charge on any atom is 0.166 e. The summed E-state index contributed by atoms with van der Waals surface area (Å²) in [6, 6.07) is 1.76. The number of fused-ring (bicyclic) bond motifs is 1. The molecule has 2 aromatic heterocycles. The van der Waals surface area contributed by atoms with Crippen molar-refractivity contribution in [3.63, 3.8) is 0 Å². The molecule has 102 valence electrons. The molecule has 4 N–H and O–H groups in total. The Morgan fingerprint density at radius 2 is 2.21 bits per heavy atom. The first kappa shape index (κ1) is 12.3. The number of ether oxygens (including phenoxy) is 1. The van der Waals surface area contributed by atoms with Crippen LogP contribution in [0.2, 0.25) is 0 Å². The summed E-state index contributed by atoms with van der Waals surface area (Å²) in [7, 11) is 0. The van der Waals surface area contributed by atoms with Crippen LogP contribution in [0.3, 0.4) is 0 Å². The molecule has 0 aliphatic carbocycles.